The summed E-state index contributed by atoms with van der Waals surface area (Å²) in [6, 6.07) is 15.0. The Bertz CT molecular complexity index is 1110. The minimum absolute atomic E-state index is 0.0160. The zero-order valence-electron chi connectivity index (χ0n) is 19.7. The van der Waals surface area contributed by atoms with Crippen molar-refractivity contribution in [2.24, 2.45) is 11.8 Å². The second-order valence-corrected chi connectivity index (χ2v) is 8.50. The van der Waals surface area contributed by atoms with Crippen LogP contribution in [-0.4, -0.2) is 50.7 Å². The lowest BCUT2D eigenvalue weighted by Crippen LogP contribution is -2.47. The molecule has 36 heavy (non-hydrogen) atoms. The van der Waals surface area contributed by atoms with Crippen LogP contribution in [0.4, 0.5) is 0 Å². The van der Waals surface area contributed by atoms with Crippen molar-refractivity contribution in [1.29, 1.82) is 0 Å². The third-order valence-corrected chi connectivity index (χ3v) is 5.71. The summed E-state index contributed by atoms with van der Waals surface area (Å²) in [5.41, 5.74) is 2.36. The van der Waals surface area contributed by atoms with Gasteiger partial charge in [-0.25, -0.2) is 4.79 Å². The van der Waals surface area contributed by atoms with Crippen molar-refractivity contribution in [2.45, 2.75) is 31.9 Å². The maximum Gasteiger partial charge on any atom is 0.328 e. The first-order valence-electron chi connectivity index (χ1n) is 11.6. The zero-order valence-corrected chi connectivity index (χ0v) is 19.7. The number of aliphatic carboxylic acids is 2. The summed E-state index contributed by atoms with van der Waals surface area (Å²) in [5, 5.41) is 22.0. The first-order valence-corrected chi connectivity index (χ1v) is 11.6. The van der Waals surface area contributed by atoms with Gasteiger partial charge in [-0.05, 0) is 48.1 Å². The SMILES string of the molecule is O=C(O)[C@H](Cc1cccnc1)C[C@@H](Cc1cccnc1)C(=O)N[C@@H](COCc1ccccc1)C(=O)O. The minimum atomic E-state index is -1.28. The van der Waals surface area contributed by atoms with Crippen LogP contribution in [-0.2, 0) is 38.6 Å². The summed E-state index contributed by atoms with van der Waals surface area (Å²) in [6.07, 6.45) is 6.83. The number of hydrogen-bond acceptors (Lipinski definition) is 6. The molecule has 3 N–H and O–H groups in total. The molecule has 0 aliphatic heterocycles. The molecule has 3 aromatic rings. The van der Waals surface area contributed by atoms with E-state index in [2.05, 4.69) is 15.3 Å². The van der Waals surface area contributed by atoms with Gasteiger partial charge < -0.3 is 20.3 Å². The Hall–Kier alpha value is -4.11. The van der Waals surface area contributed by atoms with Crippen molar-refractivity contribution in [3.63, 3.8) is 0 Å². The lowest BCUT2D eigenvalue weighted by Gasteiger charge is -2.23. The molecule has 1 amide bonds. The van der Waals surface area contributed by atoms with Crippen LogP contribution in [0.2, 0.25) is 0 Å². The number of rotatable bonds is 14. The number of carboxylic acid groups (broad SMARTS) is 2. The number of carboxylic acids is 2. The van der Waals surface area contributed by atoms with Crippen LogP contribution in [0.5, 0.6) is 0 Å². The average Bonchev–Trinajstić information content (AvgIpc) is 2.88. The maximum absolute atomic E-state index is 13.3. The van der Waals surface area contributed by atoms with E-state index in [4.69, 9.17) is 4.74 Å². The van der Waals surface area contributed by atoms with Gasteiger partial charge in [-0.15, -0.1) is 0 Å². The van der Waals surface area contributed by atoms with Gasteiger partial charge in [0.15, 0.2) is 6.04 Å². The molecule has 0 bridgehead atoms. The highest BCUT2D eigenvalue weighted by Gasteiger charge is 2.30. The van der Waals surface area contributed by atoms with Crippen molar-refractivity contribution < 1.29 is 29.3 Å². The molecule has 0 aliphatic rings. The average molecular weight is 492 g/mol. The molecule has 0 saturated heterocycles. The number of nitrogens with zero attached hydrogens (tertiary/aromatic N) is 2. The molecule has 3 atom stereocenters. The van der Waals surface area contributed by atoms with Gasteiger partial charge in [-0.2, -0.15) is 0 Å². The van der Waals surface area contributed by atoms with Gasteiger partial charge in [0, 0.05) is 30.7 Å². The highest BCUT2D eigenvalue weighted by atomic mass is 16.5. The van der Waals surface area contributed by atoms with Gasteiger partial charge in [0.25, 0.3) is 0 Å². The van der Waals surface area contributed by atoms with E-state index in [-0.39, 0.29) is 32.5 Å². The van der Waals surface area contributed by atoms with Crippen LogP contribution in [0.3, 0.4) is 0 Å². The Labute approximate surface area is 209 Å². The number of amides is 1. The number of carbonyl (C=O) groups excluding carboxylic acids is 1. The summed E-state index contributed by atoms with van der Waals surface area (Å²) in [4.78, 5) is 45.2. The Morgan fingerprint density at radius 2 is 1.36 bits per heavy atom. The molecule has 1 aromatic carbocycles. The van der Waals surface area contributed by atoms with E-state index < -0.39 is 35.7 Å². The fraction of sp³-hybridized carbons (Fsp3) is 0.296. The number of aromatic nitrogens is 2. The van der Waals surface area contributed by atoms with Crippen LogP contribution in [0, 0.1) is 11.8 Å². The molecule has 0 saturated carbocycles. The lowest BCUT2D eigenvalue weighted by atomic mass is 9.86. The summed E-state index contributed by atoms with van der Waals surface area (Å²) in [5.74, 6) is -4.47. The molecule has 188 valence electrons. The first kappa shape index (κ1) is 26.5. The van der Waals surface area contributed by atoms with Gasteiger partial charge in [-0.3, -0.25) is 19.6 Å². The van der Waals surface area contributed by atoms with E-state index in [1.54, 1.807) is 49.1 Å². The smallest absolute Gasteiger partial charge is 0.328 e. The van der Waals surface area contributed by atoms with Crippen LogP contribution < -0.4 is 5.32 Å². The molecule has 0 unspecified atom stereocenters. The Morgan fingerprint density at radius 3 is 1.89 bits per heavy atom. The number of ether oxygens (including phenoxy) is 1. The number of carbonyl (C=O) groups is 3. The van der Waals surface area contributed by atoms with E-state index in [9.17, 15) is 24.6 Å². The molecule has 9 nitrogen and oxygen atoms in total. The van der Waals surface area contributed by atoms with Crippen LogP contribution in [0.15, 0.2) is 79.4 Å². The second-order valence-electron chi connectivity index (χ2n) is 8.50. The lowest BCUT2D eigenvalue weighted by molar-refractivity contribution is -0.146. The topological polar surface area (TPSA) is 139 Å². The Balaban J connectivity index is 1.71. The highest BCUT2D eigenvalue weighted by molar-refractivity contribution is 5.85. The van der Waals surface area contributed by atoms with E-state index in [0.29, 0.717) is 0 Å². The third kappa shape index (κ3) is 8.59. The molecule has 0 radical (unpaired) electrons. The van der Waals surface area contributed by atoms with Gasteiger partial charge in [0.2, 0.25) is 5.91 Å². The van der Waals surface area contributed by atoms with Gasteiger partial charge in [0.1, 0.15) is 0 Å². The molecule has 0 spiro atoms. The molecular formula is C27H29N3O6. The molecule has 3 rings (SSSR count). The molecule has 9 heteroatoms. The monoisotopic (exact) mass is 491 g/mol. The quantitative estimate of drug-likeness (QED) is 0.313. The molecule has 2 heterocycles. The van der Waals surface area contributed by atoms with Crippen LogP contribution in [0.25, 0.3) is 0 Å². The van der Waals surface area contributed by atoms with Crippen molar-refractivity contribution in [3.05, 3.63) is 96.1 Å². The van der Waals surface area contributed by atoms with Crippen molar-refractivity contribution in [2.75, 3.05) is 6.61 Å². The van der Waals surface area contributed by atoms with Crippen molar-refractivity contribution in [1.82, 2.24) is 15.3 Å². The zero-order chi connectivity index (χ0) is 25.8. The number of pyridine rings is 2. The fourth-order valence-electron chi connectivity index (χ4n) is 3.84. The predicted molar refractivity (Wildman–Crippen MR) is 131 cm³/mol. The van der Waals surface area contributed by atoms with E-state index >= 15 is 0 Å². The Morgan fingerprint density at radius 1 is 0.778 bits per heavy atom. The van der Waals surface area contributed by atoms with E-state index in [1.165, 1.54) is 0 Å². The van der Waals surface area contributed by atoms with Crippen LogP contribution >= 0.6 is 0 Å². The molecule has 0 fully saturated rings. The van der Waals surface area contributed by atoms with Gasteiger partial charge in [-0.1, -0.05) is 42.5 Å². The standard InChI is InChI=1S/C27H29N3O6/c31-25(30-24(27(34)35)18-36-17-19-6-2-1-3-7-19)22(12-20-8-4-10-28-15-20)14-23(26(32)33)13-21-9-5-11-29-16-21/h1-11,15-16,22-24H,12-14,17-18H2,(H,30,31)(H,32,33)(H,34,35)/t22-,23-,24+/m1/s1. The fourth-order valence-corrected chi connectivity index (χ4v) is 3.84. The minimum Gasteiger partial charge on any atom is -0.481 e. The number of benzene rings is 1. The molecular weight excluding hydrogens is 462 g/mol. The summed E-state index contributed by atoms with van der Waals surface area (Å²) in [7, 11) is 0. The maximum atomic E-state index is 13.3. The van der Waals surface area contributed by atoms with E-state index in [1.807, 2.05) is 30.3 Å². The molecule has 2 aromatic heterocycles. The normalized spacial score (nSPS) is 13.3. The number of hydrogen-bond donors (Lipinski definition) is 3. The van der Waals surface area contributed by atoms with Crippen molar-refractivity contribution in [3.8, 4) is 0 Å². The highest BCUT2D eigenvalue weighted by Crippen LogP contribution is 2.22. The second kappa shape index (κ2) is 13.7. The predicted octanol–water partition coefficient (Wildman–Crippen LogP) is 2.76. The van der Waals surface area contributed by atoms with Crippen LogP contribution in [0.1, 0.15) is 23.1 Å². The largest absolute Gasteiger partial charge is 0.481 e. The van der Waals surface area contributed by atoms with Crippen molar-refractivity contribution >= 4 is 17.8 Å². The summed E-state index contributed by atoms with van der Waals surface area (Å²) >= 11 is 0. The molecule has 0 aliphatic carbocycles. The van der Waals surface area contributed by atoms with Gasteiger partial charge in [0.05, 0.1) is 19.1 Å². The Kier molecular flexibility index (Phi) is 10.1. The van der Waals surface area contributed by atoms with E-state index in [0.717, 1.165) is 16.7 Å². The van der Waals surface area contributed by atoms with Gasteiger partial charge >= 0.3 is 11.9 Å². The summed E-state index contributed by atoms with van der Waals surface area (Å²) in [6.45, 7) is -0.0283. The number of nitrogens with one attached hydrogen (secondary N) is 1. The third-order valence-electron chi connectivity index (χ3n) is 5.71. The summed E-state index contributed by atoms with van der Waals surface area (Å²) < 4.78 is 5.53. The first-order chi connectivity index (χ1) is 17.4.